The van der Waals surface area contributed by atoms with Gasteiger partial charge in [-0.3, -0.25) is 0 Å². The van der Waals surface area contributed by atoms with Gasteiger partial charge in [-0.25, -0.2) is 0 Å². The molecule has 0 aliphatic heterocycles. The van der Waals surface area contributed by atoms with Crippen LogP contribution in [0, 0.1) is 7.14 Å². The summed E-state index contributed by atoms with van der Waals surface area (Å²) in [5.74, 6) is 0. The van der Waals surface area contributed by atoms with Crippen LogP contribution in [0.5, 0.6) is 0 Å². The SMILES string of the molecule is CCCCCCCCCCc1ccc([I+]c2ccccc2)cc1.F[P-](F)(F)(F)(F)F. The van der Waals surface area contributed by atoms with Crippen molar-refractivity contribution in [2.75, 3.05) is 0 Å². The molecule has 0 amide bonds. The van der Waals surface area contributed by atoms with E-state index in [1.54, 1.807) is 0 Å². The van der Waals surface area contributed by atoms with Crippen molar-refractivity contribution in [3.63, 3.8) is 0 Å². The number of rotatable bonds is 11. The van der Waals surface area contributed by atoms with Gasteiger partial charge in [0.1, 0.15) is 0 Å². The average molecular weight is 566 g/mol. The summed E-state index contributed by atoms with van der Waals surface area (Å²) in [5.41, 5.74) is 1.51. The number of hydrogen-bond acceptors (Lipinski definition) is 0. The maximum absolute atomic E-state index is 10.7. The summed E-state index contributed by atoms with van der Waals surface area (Å²) in [6, 6.07) is 20.3. The Kier molecular flexibility index (Phi) is 10.6. The minimum absolute atomic E-state index is 0.0116. The van der Waals surface area contributed by atoms with E-state index in [-0.39, 0.29) is 21.2 Å². The van der Waals surface area contributed by atoms with Gasteiger partial charge in [-0.1, -0.05) is 82.2 Å². The van der Waals surface area contributed by atoms with E-state index in [9.17, 15) is 25.2 Å². The summed E-state index contributed by atoms with van der Waals surface area (Å²) in [4.78, 5) is 0. The molecule has 0 atom stereocenters. The van der Waals surface area contributed by atoms with E-state index < -0.39 is 7.81 Å². The Hall–Kier alpha value is -0.820. The van der Waals surface area contributed by atoms with Crippen LogP contribution in [0.2, 0.25) is 0 Å². The molecule has 0 N–H and O–H groups in total. The van der Waals surface area contributed by atoms with Crippen LogP contribution in [-0.4, -0.2) is 0 Å². The van der Waals surface area contributed by atoms with Crippen molar-refractivity contribution in [2.45, 2.75) is 64.7 Å². The zero-order chi connectivity index (χ0) is 22.6. The van der Waals surface area contributed by atoms with Gasteiger partial charge in [-0.2, -0.15) is 0 Å². The van der Waals surface area contributed by atoms with E-state index in [2.05, 4.69) is 61.5 Å². The Labute approximate surface area is 186 Å². The number of unbranched alkanes of at least 4 members (excludes halogenated alkanes) is 7. The maximum atomic E-state index is 9.87. The molecule has 0 aliphatic rings. The molecular formula is C22H30F6IP. The fourth-order valence-corrected chi connectivity index (χ4v) is 4.99. The fourth-order valence-electron chi connectivity index (χ4n) is 2.78. The Morgan fingerprint density at radius 3 is 1.53 bits per heavy atom. The van der Waals surface area contributed by atoms with Gasteiger partial charge in [0.2, 0.25) is 0 Å². The minimum atomic E-state index is -10.7. The molecule has 0 heterocycles. The van der Waals surface area contributed by atoms with E-state index >= 15 is 0 Å². The summed E-state index contributed by atoms with van der Waals surface area (Å²) in [5, 5.41) is 0. The molecule has 0 fully saturated rings. The fraction of sp³-hybridized carbons (Fsp3) is 0.455. The summed E-state index contributed by atoms with van der Waals surface area (Å²) in [6.45, 7) is 2.28. The summed E-state index contributed by atoms with van der Waals surface area (Å²) >= 11 is -0.0116. The van der Waals surface area contributed by atoms with E-state index in [0.717, 1.165) is 0 Å². The third kappa shape index (κ3) is 19.2. The van der Waals surface area contributed by atoms with Crippen molar-refractivity contribution < 1.29 is 46.4 Å². The van der Waals surface area contributed by atoms with Crippen molar-refractivity contribution in [2.24, 2.45) is 0 Å². The predicted molar refractivity (Wildman–Crippen MR) is 110 cm³/mol. The van der Waals surface area contributed by atoms with Crippen molar-refractivity contribution in [3.05, 3.63) is 67.3 Å². The molecule has 0 unspecified atom stereocenters. The van der Waals surface area contributed by atoms with Gasteiger partial charge >= 0.3 is 54.2 Å². The van der Waals surface area contributed by atoms with Gasteiger partial charge in [0.25, 0.3) is 0 Å². The Morgan fingerprint density at radius 1 is 0.600 bits per heavy atom. The molecule has 2 aromatic rings. The average Bonchev–Trinajstić information content (AvgIpc) is 2.64. The zero-order valence-corrected chi connectivity index (χ0v) is 20.2. The van der Waals surface area contributed by atoms with Gasteiger partial charge in [-0.05, 0) is 42.7 Å². The van der Waals surface area contributed by atoms with Crippen LogP contribution in [0.3, 0.4) is 0 Å². The first-order valence-corrected chi connectivity index (χ1v) is 14.4. The predicted octanol–water partition coefficient (Wildman–Crippen LogP) is 6.88. The second kappa shape index (κ2) is 11.7. The van der Waals surface area contributed by atoms with Crippen molar-refractivity contribution in [1.82, 2.24) is 0 Å². The van der Waals surface area contributed by atoms with Gasteiger partial charge in [0, 0.05) is 0 Å². The zero-order valence-electron chi connectivity index (χ0n) is 17.2. The Balaban J connectivity index is 0.000000553. The summed E-state index contributed by atoms with van der Waals surface area (Å²) in [6.07, 6.45) is 12.5. The Morgan fingerprint density at radius 2 is 1.03 bits per heavy atom. The standard InChI is InChI=1S/C22H30I.F6P/c1-2-3-4-5-6-7-8-10-13-20-16-18-22(19-17-20)23-21-14-11-9-12-15-21;1-7(2,3,4,5)6/h9,11-12,14-19H,2-8,10,13H2,1H3;/q+1;-1. The molecule has 0 aromatic heterocycles. The first-order valence-electron chi connectivity index (χ1n) is 10.2. The molecule has 0 radical (unpaired) electrons. The van der Waals surface area contributed by atoms with Crippen LogP contribution in [0.4, 0.5) is 25.2 Å². The molecule has 0 aliphatic carbocycles. The Bertz CT molecular complexity index is 703. The molecule has 2 aromatic carbocycles. The van der Waals surface area contributed by atoms with E-state index in [1.165, 1.54) is 70.5 Å². The molecule has 0 bridgehead atoms. The molecule has 0 saturated heterocycles. The second-order valence-corrected chi connectivity index (χ2v) is 12.1. The van der Waals surface area contributed by atoms with Crippen LogP contribution in [0.25, 0.3) is 0 Å². The van der Waals surface area contributed by atoms with Gasteiger partial charge in [0.05, 0.1) is 0 Å². The molecular weight excluding hydrogens is 536 g/mol. The van der Waals surface area contributed by atoms with Crippen molar-refractivity contribution in [3.8, 4) is 0 Å². The van der Waals surface area contributed by atoms with Gasteiger partial charge in [-0.15, -0.1) is 0 Å². The third-order valence-corrected chi connectivity index (χ3v) is 6.87. The molecule has 8 heteroatoms. The molecule has 0 spiro atoms. The van der Waals surface area contributed by atoms with Crippen LogP contribution in [0.1, 0.15) is 63.9 Å². The molecule has 0 saturated carbocycles. The number of benzene rings is 2. The number of hydrogen-bond donors (Lipinski definition) is 0. The van der Waals surface area contributed by atoms with Crippen LogP contribution < -0.4 is 21.2 Å². The first kappa shape index (κ1) is 27.2. The van der Waals surface area contributed by atoms with Crippen molar-refractivity contribution >= 4 is 7.81 Å². The number of aryl methyl sites for hydroxylation is 1. The normalized spacial score (nSPS) is 13.7. The summed E-state index contributed by atoms with van der Waals surface area (Å²) < 4.78 is 62.2. The molecule has 30 heavy (non-hydrogen) atoms. The van der Waals surface area contributed by atoms with Gasteiger partial charge < -0.3 is 0 Å². The quantitative estimate of drug-likeness (QED) is 0.121. The van der Waals surface area contributed by atoms with E-state index in [4.69, 9.17) is 0 Å². The topological polar surface area (TPSA) is 0 Å². The van der Waals surface area contributed by atoms with Gasteiger partial charge in [0.15, 0.2) is 7.14 Å². The monoisotopic (exact) mass is 566 g/mol. The first-order chi connectivity index (χ1) is 13.8. The number of halogens is 7. The third-order valence-electron chi connectivity index (χ3n) is 4.18. The summed E-state index contributed by atoms with van der Waals surface area (Å²) in [7, 11) is -10.7. The molecule has 0 nitrogen and oxygen atoms in total. The van der Waals surface area contributed by atoms with Crippen LogP contribution in [0.15, 0.2) is 54.6 Å². The molecule has 2 rings (SSSR count). The van der Waals surface area contributed by atoms with Crippen LogP contribution >= 0.6 is 7.81 Å². The molecule has 172 valence electrons. The van der Waals surface area contributed by atoms with E-state index in [0.29, 0.717) is 0 Å². The van der Waals surface area contributed by atoms with Crippen LogP contribution in [-0.2, 0) is 6.42 Å². The second-order valence-electron chi connectivity index (χ2n) is 7.20. The van der Waals surface area contributed by atoms with Crippen molar-refractivity contribution in [1.29, 1.82) is 0 Å². The van der Waals surface area contributed by atoms with E-state index in [1.807, 2.05) is 0 Å².